The van der Waals surface area contributed by atoms with Crippen molar-refractivity contribution < 1.29 is 24.9 Å². The van der Waals surface area contributed by atoms with Gasteiger partial charge in [-0.3, -0.25) is 4.79 Å². The van der Waals surface area contributed by atoms with Gasteiger partial charge in [0, 0.05) is 18.7 Å². The summed E-state index contributed by atoms with van der Waals surface area (Å²) in [4.78, 5) is 22.7. The van der Waals surface area contributed by atoms with Gasteiger partial charge in [0.1, 0.15) is 0 Å². The van der Waals surface area contributed by atoms with Crippen LogP contribution in [0.4, 0.5) is 0 Å². The van der Waals surface area contributed by atoms with E-state index in [1.165, 1.54) is 24.3 Å². The molecule has 0 saturated carbocycles. The van der Waals surface area contributed by atoms with Crippen molar-refractivity contribution in [1.29, 1.82) is 0 Å². The Balaban J connectivity index is 2.63. The Morgan fingerprint density at radius 1 is 1.30 bits per heavy atom. The highest BCUT2D eigenvalue weighted by atomic mass is 16.4. The lowest BCUT2D eigenvalue weighted by Gasteiger charge is -2.23. The third-order valence-corrected chi connectivity index (χ3v) is 2.87. The average Bonchev–Trinajstić information content (AvgIpc) is 2.43. The zero-order valence-electron chi connectivity index (χ0n) is 11.3. The predicted molar refractivity (Wildman–Crippen MR) is 72.7 cm³/mol. The molecule has 20 heavy (non-hydrogen) atoms. The number of aliphatic hydroxyl groups is 2. The SMILES string of the molecule is C[C@](O)(CCCO)CNC(=O)c1cccc(C(=O)O)c1. The molecule has 110 valence electrons. The Morgan fingerprint density at radius 2 is 1.95 bits per heavy atom. The first kappa shape index (κ1) is 16.1. The third kappa shape index (κ3) is 4.99. The van der Waals surface area contributed by atoms with Crippen molar-refractivity contribution in [2.45, 2.75) is 25.4 Å². The van der Waals surface area contributed by atoms with E-state index >= 15 is 0 Å². The highest BCUT2D eigenvalue weighted by Gasteiger charge is 2.21. The van der Waals surface area contributed by atoms with E-state index in [9.17, 15) is 14.7 Å². The summed E-state index contributed by atoms with van der Waals surface area (Å²) in [7, 11) is 0. The fraction of sp³-hybridized carbons (Fsp3) is 0.429. The number of hydrogen-bond acceptors (Lipinski definition) is 4. The van der Waals surface area contributed by atoms with Crippen LogP contribution in [0, 0.1) is 0 Å². The fourth-order valence-corrected chi connectivity index (χ4v) is 1.71. The molecule has 0 saturated heterocycles. The van der Waals surface area contributed by atoms with Crippen molar-refractivity contribution >= 4 is 11.9 Å². The topological polar surface area (TPSA) is 107 Å². The van der Waals surface area contributed by atoms with Crippen LogP contribution in [0.1, 0.15) is 40.5 Å². The maximum Gasteiger partial charge on any atom is 0.335 e. The summed E-state index contributed by atoms with van der Waals surface area (Å²) in [5.74, 6) is -1.55. The number of nitrogens with one attached hydrogen (secondary N) is 1. The fourth-order valence-electron chi connectivity index (χ4n) is 1.71. The molecule has 0 aliphatic rings. The standard InChI is InChI=1S/C14H19NO5/c1-14(20,6-3-7-16)9-15-12(17)10-4-2-5-11(8-10)13(18)19/h2,4-5,8,16,20H,3,6-7,9H2,1H3,(H,15,17)(H,18,19)/t14-/m0/s1. The van der Waals surface area contributed by atoms with E-state index in [1.807, 2.05) is 0 Å². The monoisotopic (exact) mass is 281 g/mol. The molecule has 1 amide bonds. The van der Waals surface area contributed by atoms with Crippen LogP contribution in [0.25, 0.3) is 0 Å². The number of aromatic carboxylic acids is 1. The van der Waals surface area contributed by atoms with E-state index in [0.29, 0.717) is 12.8 Å². The van der Waals surface area contributed by atoms with Crippen LogP contribution >= 0.6 is 0 Å². The number of amides is 1. The van der Waals surface area contributed by atoms with Gasteiger partial charge in [0.2, 0.25) is 0 Å². The lowest BCUT2D eigenvalue weighted by atomic mass is 10.0. The molecule has 6 nitrogen and oxygen atoms in total. The van der Waals surface area contributed by atoms with E-state index in [2.05, 4.69) is 5.32 Å². The van der Waals surface area contributed by atoms with E-state index < -0.39 is 17.5 Å². The van der Waals surface area contributed by atoms with Crippen molar-refractivity contribution in [1.82, 2.24) is 5.32 Å². The second-order valence-corrected chi connectivity index (χ2v) is 4.89. The molecule has 1 atom stereocenters. The third-order valence-electron chi connectivity index (χ3n) is 2.87. The van der Waals surface area contributed by atoms with Crippen molar-refractivity contribution in [2.24, 2.45) is 0 Å². The van der Waals surface area contributed by atoms with Gasteiger partial charge in [0.25, 0.3) is 5.91 Å². The minimum absolute atomic E-state index is 0.0231. The molecule has 0 aromatic heterocycles. The molecule has 1 aromatic carbocycles. The zero-order chi connectivity index (χ0) is 15.2. The van der Waals surface area contributed by atoms with Gasteiger partial charge in [-0.05, 0) is 38.0 Å². The van der Waals surface area contributed by atoms with Gasteiger partial charge in [0.05, 0.1) is 11.2 Å². The second kappa shape index (κ2) is 7.02. The lowest BCUT2D eigenvalue weighted by Crippen LogP contribution is -2.40. The van der Waals surface area contributed by atoms with E-state index in [0.717, 1.165) is 0 Å². The number of carboxylic acid groups (broad SMARTS) is 1. The Kier molecular flexibility index (Phi) is 5.66. The van der Waals surface area contributed by atoms with Gasteiger partial charge in [-0.15, -0.1) is 0 Å². The number of carboxylic acids is 1. The summed E-state index contributed by atoms with van der Waals surface area (Å²) in [6.45, 7) is 1.57. The van der Waals surface area contributed by atoms with Crippen molar-refractivity contribution in [2.75, 3.05) is 13.2 Å². The van der Waals surface area contributed by atoms with Crippen molar-refractivity contribution in [3.63, 3.8) is 0 Å². The van der Waals surface area contributed by atoms with Crippen LogP contribution < -0.4 is 5.32 Å². The van der Waals surface area contributed by atoms with Crippen LogP contribution in [0.3, 0.4) is 0 Å². The molecule has 0 aliphatic heterocycles. The van der Waals surface area contributed by atoms with Gasteiger partial charge in [0.15, 0.2) is 0 Å². The van der Waals surface area contributed by atoms with Gasteiger partial charge in [-0.2, -0.15) is 0 Å². The minimum Gasteiger partial charge on any atom is -0.478 e. The molecule has 6 heteroatoms. The lowest BCUT2D eigenvalue weighted by molar-refractivity contribution is 0.0415. The second-order valence-electron chi connectivity index (χ2n) is 4.89. The molecule has 1 rings (SSSR count). The average molecular weight is 281 g/mol. The highest BCUT2D eigenvalue weighted by Crippen LogP contribution is 2.11. The summed E-state index contributed by atoms with van der Waals surface area (Å²) in [5.41, 5.74) is -0.851. The molecule has 0 bridgehead atoms. The first-order chi connectivity index (χ1) is 9.35. The molecule has 4 N–H and O–H groups in total. The van der Waals surface area contributed by atoms with Crippen LogP contribution in [0.15, 0.2) is 24.3 Å². The maximum atomic E-state index is 11.9. The molecule has 0 radical (unpaired) electrons. The predicted octanol–water partition coefficient (Wildman–Crippen LogP) is 0.638. The van der Waals surface area contributed by atoms with E-state index in [1.54, 1.807) is 6.92 Å². The Labute approximate surface area is 117 Å². The molecular weight excluding hydrogens is 262 g/mol. The summed E-state index contributed by atoms with van der Waals surface area (Å²) in [6, 6.07) is 5.67. The number of rotatable bonds is 7. The number of carbonyl (C=O) groups excluding carboxylic acids is 1. The Morgan fingerprint density at radius 3 is 2.55 bits per heavy atom. The smallest absolute Gasteiger partial charge is 0.335 e. The summed E-state index contributed by atoms with van der Waals surface area (Å²) < 4.78 is 0. The van der Waals surface area contributed by atoms with E-state index in [4.69, 9.17) is 10.2 Å². The summed E-state index contributed by atoms with van der Waals surface area (Å²) in [5, 5.41) is 30.1. The molecular formula is C14H19NO5. The number of carbonyl (C=O) groups is 2. The normalized spacial score (nSPS) is 13.6. The Hall–Kier alpha value is -1.92. The first-order valence-electron chi connectivity index (χ1n) is 6.30. The first-order valence-corrected chi connectivity index (χ1v) is 6.30. The van der Waals surface area contributed by atoms with Gasteiger partial charge in [-0.1, -0.05) is 6.07 Å². The van der Waals surface area contributed by atoms with Gasteiger partial charge >= 0.3 is 5.97 Å². The molecule has 0 unspecified atom stereocenters. The molecule has 0 fully saturated rings. The van der Waals surface area contributed by atoms with Gasteiger partial charge in [-0.25, -0.2) is 4.79 Å². The molecule has 0 aliphatic carbocycles. The molecule has 1 aromatic rings. The van der Waals surface area contributed by atoms with E-state index in [-0.39, 0.29) is 24.3 Å². The largest absolute Gasteiger partial charge is 0.478 e. The summed E-state index contributed by atoms with van der Waals surface area (Å²) in [6.07, 6.45) is 0.802. The molecule has 0 heterocycles. The minimum atomic E-state index is -1.11. The Bertz CT molecular complexity index is 484. The quantitative estimate of drug-likeness (QED) is 0.586. The van der Waals surface area contributed by atoms with Gasteiger partial charge < -0.3 is 20.6 Å². The van der Waals surface area contributed by atoms with Crippen LogP contribution in [-0.2, 0) is 0 Å². The van der Waals surface area contributed by atoms with Crippen LogP contribution in [-0.4, -0.2) is 45.9 Å². The van der Waals surface area contributed by atoms with Crippen molar-refractivity contribution in [3.05, 3.63) is 35.4 Å². The number of aliphatic hydroxyl groups excluding tert-OH is 1. The van der Waals surface area contributed by atoms with Crippen molar-refractivity contribution in [3.8, 4) is 0 Å². The number of benzene rings is 1. The zero-order valence-corrected chi connectivity index (χ0v) is 11.3. The van der Waals surface area contributed by atoms with Crippen LogP contribution in [0.5, 0.6) is 0 Å². The highest BCUT2D eigenvalue weighted by molar-refractivity contribution is 5.97. The summed E-state index contributed by atoms with van der Waals surface area (Å²) >= 11 is 0. The van der Waals surface area contributed by atoms with Crippen LogP contribution in [0.2, 0.25) is 0 Å². The number of hydrogen-bond donors (Lipinski definition) is 4. The molecule has 0 spiro atoms. The maximum absolute atomic E-state index is 11.9.